The van der Waals surface area contributed by atoms with E-state index in [2.05, 4.69) is 17.2 Å². The number of alkyl halides is 3. The predicted molar refractivity (Wildman–Crippen MR) is 91.9 cm³/mol. The number of hydrogen-bond donors (Lipinski definition) is 1. The first-order valence-electron chi connectivity index (χ1n) is 8.89. The molecule has 1 saturated heterocycles. The quantitative estimate of drug-likeness (QED) is 0.840. The molecular weight excluding hydrogens is 367 g/mol. The van der Waals surface area contributed by atoms with Crippen LogP contribution in [0.3, 0.4) is 0 Å². The smallest absolute Gasteiger partial charge is 0.333 e. The van der Waals surface area contributed by atoms with Crippen LogP contribution in [0.15, 0.2) is 0 Å². The summed E-state index contributed by atoms with van der Waals surface area (Å²) >= 11 is 1.44. The van der Waals surface area contributed by atoms with Crippen LogP contribution >= 0.6 is 11.3 Å². The lowest BCUT2D eigenvalue weighted by Crippen LogP contribution is -2.36. The van der Waals surface area contributed by atoms with Gasteiger partial charge in [-0.3, -0.25) is 9.59 Å². The van der Waals surface area contributed by atoms with E-state index in [1.807, 2.05) is 0 Å². The van der Waals surface area contributed by atoms with Gasteiger partial charge in [-0.2, -0.15) is 13.2 Å². The van der Waals surface area contributed by atoms with Gasteiger partial charge >= 0.3 is 6.18 Å². The first kappa shape index (κ1) is 19.1. The van der Waals surface area contributed by atoms with Crippen molar-refractivity contribution in [1.29, 1.82) is 0 Å². The summed E-state index contributed by atoms with van der Waals surface area (Å²) in [5, 5.41) is 3.19. The van der Waals surface area contributed by atoms with Crippen molar-refractivity contribution >= 4 is 28.3 Å². The van der Waals surface area contributed by atoms with Gasteiger partial charge in [0, 0.05) is 17.8 Å². The van der Waals surface area contributed by atoms with Gasteiger partial charge in [0.2, 0.25) is 11.8 Å². The van der Waals surface area contributed by atoms with E-state index >= 15 is 0 Å². The molecule has 1 fully saturated rings. The molecule has 0 bridgehead atoms. The van der Waals surface area contributed by atoms with Crippen LogP contribution < -0.4 is 5.32 Å². The van der Waals surface area contributed by atoms with Gasteiger partial charge in [-0.05, 0) is 25.2 Å². The van der Waals surface area contributed by atoms with Gasteiger partial charge in [0.25, 0.3) is 0 Å². The van der Waals surface area contributed by atoms with Crippen molar-refractivity contribution in [3.8, 4) is 0 Å². The Bertz CT molecular complexity index is 689. The Morgan fingerprint density at radius 2 is 2.15 bits per heavy atom. The van der Waals surface area contributed by atoms with Gasteiger partial charge < -0.3 is 10.2 Å². The largest absolute Gasteiger partial charge is 0.406 e. The Kier molecular flexibility index (Phi) is 5.55. The zero-order valence-electron chi connectivity index (χ0n) is 14.6. The molecule has 5 nitrogen and oxygen atoms in total. The van der Waals surface area contributed by atoms with Crippen LogP contribution in [-0.4, -0.2) is 41.0 Å². The van der Waals surface area contributed by atoms with Crippen molar-refractivity contribution < 1.29 is 22.8 Å². The summed E-state index contributed by atoms with van der Waals surface area (Å²) in [5.41, 5.74) is 1.01. The molecule has 144 valence electrons. The number of hydrogen-bond acceptors (Lipinski definition) is 4. The number of thiazole rings is 1. The van der Waals surface area contributed by atoms with E-state index in [4.69, 9.17) is 0 Å². The molecule has 0 radical (unpaired) electrons. The van der Waals surface area contributed by atoms with E-state index in [1.54, 1.807) is 0 Å². The Morgan fingerprint density at radius 1 is 1.38 bits per heavy atom. The first-order valence-corrected chi connectivity index (χ1v) is 9.70. The molecule has 1 aliphatic heterocycles. The predicted octanol–water partition coefficient (Wildman–Crippen LogP) is 3.40. The second kappa shape index (κ2) is 7.54. The molecule has 2 aliphatic rings. The molecule has 0 spiro atoms. The molecule has 0 saturated carbocycles. The van der Waals surface area contributed by atoms with Crippen LogP contribution in [0.5, 0.6) is 0 Å². The molecule has 1 aromatic rings. The Balaban J connectivity index is 1.59. The molecule has 2 heterocycles. The highest BCUT2D eigenvalue weighted by Gasteiger charge is 2.40. The monoisotopic (exact) mass is 389 g/mol. The zero-order chi connectivity index (χ0) is 18.9. The highest BCUT2D eigenvalue weighted by atomic mass is 32.1. The van der Waals surface area contributed by atoms with Gasteiger partial charge in [-0.25, -0.2) is 4.98 Å². The summed E-state index contributed by atoms with van der Waals surface area (Å²) in [6, 6.07) is 0. The number of rotatable bonds is 5. The molecule has 2 atom stereocenters. The number of likely N-dealkylation sites (tertiary alicyclic amines) is 1. The topological polar surface area (TPSA) is 62.3 Å². The molecule has 2 amide bonds. The third-order valence-electron chi connectivity index (χ3n) is 4.92. The number of aromatic nitrogens is 1. The highest BCUT2D eigenvalue weighted by molar-refractivity contribution is 7.15. The summed E-state index contributed by atoms with van der Waals surface area (Å²) in [6.45, 7) is 0.659. The number of halogens is 3. The average Bonchev–Trinajstić information content (AvgIpc) is 3.09. The minimum absolute atomic E-state index is 0.189. The number of aryl methyl sites for hydroxylation is 1. The van der Waals surface area contributed by atoms with Crippen molar-refractivity contribution in [2.24, 2.45) is 11.8 Å². The third kappa shape index (κ3) is 4.55. The van der Waals surface area contributed by atoms with Gasteiger partial charge in [0.05, 0.1) is 11.6 Å². The van der Waals surface area contributed by atoms with Gasteiger partial charge in [0.15, 0.2) is 5.13 Å². The van der Waals surface area contributed by atoms with Crippen LogP contribution in [0.4, 0.5) is 18.3 Å². The summed E-state index contributed by atoms with van der Waals surface area (Å²) in [6.07, 6.45) is 0.647. The van der Waals surface area contributed by atoms with Gasteiger partial charge in [0.1, 0.15) is 6.54 Å². The van der Waals surface area contributed by atoms with Gasteiger partial charge in [-0.15, -0.1) is 11.3 Å². The van der Waals surface area contributed by atoms with Crippen LogP contribution in [0.25, 0.3) is 0 Å². The second-order valence-corrected chi connectivity index (χ2v) is 8.15. The maximum atomic E-state index is 12.5. The van der Waals surface area contributed by atoms with E-state index in [-0.39, 0.29) is 13.0 Å². The number of anilines is 1. The van der Waals surface area contributed by atoms with E-state index in [0.29, 0.717) is 15.9 Å². The fourth-order valence-corrected chi connectivity index (χ4v) is 4.80. The first-order chi connectivity index (χ1) is 12.2. The summed E-state index contributed by atoms with van der Waals surface area (Å²) in [7, 11) is 0. The summed E-state index contributed by atoms with van der Waals surface area (Å²) in [4.78, 5) is 30.4. The fraction of sp³-hybridized carbons (Fsp3) is 0.706. The van der Waals surface area contributed by atoms with Crippen LogP contribution in [0.1, 0.15) is 43.2 Å². The molecule has 0 aromatic carbocycles. The minimum Gasteiger partial charge on any atom is -0.333 e. The number of carbonyl (C=O) groups is 2. The SMILES string of the molecule is CCC[C@H]1CCc2nc(NC(=O)[C@@H]3CC(=O)N(CC(F)(F)F)C3)sc2C1. The molecule has 1 aliphatic carbocycles. The maximum Gasteiger partial charge on any atom is 0.406 e. The van der Waals surface area contributed by atoms with Crippen LogP contribution in [0, 0.1) is 11.8 Å². The molecular formula is C17H22F3N3O2S. The summed E-state index contributed by atoms with van der Waals surface area (Å²) < 4.78 is 37.4. The van der Waals surface area contributed by atoms with Crippen molar-refractivity contribution in [3.05, 3.63) is 10.6 Å². The van der Waals surface area contributed by atoms with Gasteiger partial charge in [-0.1, -0.05) is 19.8 Å². The molecule has 0 unspecified atom stereocenters. The van der Waals surface area contributed by atoms with E-state index in [9.17, 15) is 22.8 Å². The third-order valence-corrected chi connectivity index (χ3v) is 5.96. The van der Waals surface area contributed by atoms with Crippen molar-refractivity contribution in [2.75, 3.05) is 18.4 Å². The van der Waals surface area contributed by atoms with E-state index in [1.165, 1.54) is 22.6 Å². The molecule has 3 rings (SSSR count). The van der Waals surface area contributed by atoms with Crippen LogP contribution in [0.2, 0.25) is 0 Å². The highest BCUT2D eigenvalue weighted by Crippen LogP contribution is 2.34. The lowest BCUT2D eigenvalue weighted by atomic mass is 9.88. The fourth-order valence-electron chi connectivity index (χ4n) is 3.68. The molecule has 1 N–H and O–H groups in total. The normalized spacial score (nSPS) is 23.2. The maximum absolute atomic E-state index is 12.5. The lowest BCUT2D eigenvalue weighted by molar-refractivity contribution is -0.157. The number of amides is 2. The Hall–Kier alpha value is -1.64. The average molecular weight is 389 g/mol. The standard InChI is InChI=1S/C17H22F3N3O2S/c1-2-3-10-4-5-12-13(6-10)26-16(21-12)22-15(25)11-7-14(24)23(8-11)9-17(18,19)20/h10-11H,2-9H2,1H3,(H,21,22,25)/t10-,11+/m0/s1. The number of carbonyl (C=O) groups excluding carboxylic acids is 2. The Labute approximate surface area is 154 Å². The van der Waals surface area contributed by atoms with Crippen molar-refractivity contribution in [1.82, 2.24) is 9.88 Å². The second-order valence-electron chi connectivity index (χ2n) is 7.07. The van der Waals surface area contributed by atoms with Crippen molar-refractivity contribution in [2.45, 2.75) is 51.6 Å². The Morgan fingerprint density at radius 3 is 2.85 bits per heavy atom. The number of nitrogens with one attached hydrogen (secondary N) is 1. The summed E-state index contributed by atoms with van der Waals surface area (Å²) in [5.74, 6) is -1.18. The van der Waals surface area contributed by atoms with Crippen LogP contribution in [-0.2, 0) is 22.4 Å². The zero-order valence-corrected chi connectivity index (χ0v) is 15.4. The molecule has 9 heteroatoms. The van der Waals surface area contributed by atoms with Crippen molar-refractivity contribution in [3.63, 3.8) is 0 Å². The lowest BCUT2D eigenvalue weighted by Gasteiger charge is -2.19. The minimum atomic E-state index is -4.45. The van der Waals surface area contributed by atoms with E-state index in [0.717, 1.165) is 31.4 Å². The molecule has 26 heavy (non-hydrogen) atoms. The molecule has 1 aromatic heterocycles. The number of nitrogens with zero attached hydrogens (tertiary/aromatic N) is 2. The number of fused-ring (bicyclic) bond motifs is 1. The van der Waals surface area contributed by atoms with E-state index < -0.39 is 30.5 Å².